The van der Waals surface area contributed by atoms with Gasteiger partial charge in [-0.1, -0.05) is 44.5 Å². The molecule has 0 unspecified atom stereocenters. The van der Waals surface area contributed by atoms with Crippen molar-refractivity contribution in [2.45, 2.75) is 46.1 Å². The van der Waals surface area contributed by atoms with Gasteiger partial charge in [-0.3, -0.25) is 9.79 Å². The average Bonchev–Trinajstić information content (AvgIpc) is 3.71. The van der Waals surface area contributed by atoms with Crippen molar-refractivity contribution >= 4 is 17.6 Å². The monoisotopic (exact) mass is 479 g/mol. The molecule has 188 valence electrons. The molecule has 2 aliphatic rings. The number of methoxy groups -OCH3 is 1. The topological polar surface area (TPSA) is 88.9 Å². The van der Waals surface area contributed by atoms with Crippen molar-refractivity contribution in [1.29, 1.82) is 0 Å². The quantitative estimate of drug-likeness (QED) is 0.596. The molecule has 1 amide bonds. The minimum Gasteiger partial charge on any atom is -0.492 e. The lowest BCUT2D eigenvalue weighted by molar-refractivity contribution is 0.0942. The van der Waals surface area contributed by atoms with Crippen molar-refractivity contribution in [3.63, 3.8) is 0 Å². The largest absolute Gasteiger partial charge is 0.492 e. The molecule has 1 saturated carbocycles. The Morgan fingerprint density at radius 3 is 2.57 bits per heavy atom. The van der Waals surface area contributed by atoms with Crippen molar-refractivity contribution in [1.82, 2.24) is 15.3 Å². The van der Waals surface area contributed by atoms with Crippen LogP contribution in [0.5, 0.6) is 5.75 Å². The van der Waals surface area contributed by atoms with Crippen LogP contribution < -0.4 is 15.0 Å². The van der Waals surface area contributed by atoms with Crippen LogP contribution in [0.2, 0.25) is 0 Å². The molecule has 0 radical (unpaired) electrons. The Balaban J connectivity index is 0.00000108. The van der Waals surface area contributed by atoms with Crippen molar-refractivity contribution in [2.24, 2.45) is 4.99 Å². The molecule has 1 aliphatic carbocycles. The number of nitrogens with zero attached hydrogens (tertiary/aromatic N) is 4. The number of aliphatic imine (C=N–C) groups is 1. The van der Waals surface area contributed by atoms with Crippen LogP contribution in [0.15, 0.2) is 41.4 Å². The summed E-state index contributed by atoms with van der Waals surface area (Å²) in [5, 5.41) is 3.03. The van der Waals surface area contributed by atoms with E-state index in [0.717, 1.165) is 29.7 Å². The number of amides is 1. The van der Waals surface area contributed by atoms with Crippen LogP contribution in [0.25, 0.3) is 11.3 Å². The second-order valence-electron chi connectivity index (χ2n) is 8.50. The molecule has 2 aromatic rings. The molecule has 8 nitrogen and oxygen atoms in total. The number of anilines is 1. The molecular formula is C27H37N5O3. The molecule has 1 N–H and O–H groups in total. The Hall–Kier alpha value is -3.26. The third-order valence-corrected chi connectivity index (χ3v) is 5.48. The van der Waals surface area contributed by atoms with Crippen LogP contribution in [0.1, 0.15) is 56.1 Å². The van der Waals surface area contributed by atoms with E-state index in [4.69, 9.17) is 14.5 Å². The number of rotatable bonds is 7. The third-order valence-electron chi connectivity index (χ3n) is 5.48. The van der Waals surface area contributed by atoms with Gasteiger partial charge in [0.05, 0.1) is 26.0 Å². The Kier molecular flexibility index (Phi) is 9.78. The number of nitrogens with one attached hydrogen (secondary N) is 1. The minimum absolute atomic E-state index is 0.213. The van der Waals surface area contributed by atoms with E-state index in [-0.39, 0.29) is 17.6 Å². The molecular weight excluding hydrogens is 442 g/mol. The molecule has 1 saturated heterocycles. The van der Waals surface area contributed by atoms with E-state index in [1.54, 1.807) is 14.2 Å². The number of carbonyl (C=O) groups excluding carboxylic acids is 1. The van der Waals surface area contributed by atoms with E-state index < -0.39 is 0 Å². The summed E-state index contributed by atoms with van der Waals surface area (Å²) in [5.41, 5.74) is 3.50. The van der Waals surface area contributed by atoms with Gasteiger partial charge in [-0.25, -0.2) is 9.97 Å². The van der Waals surface area contributed by atoms with Gasteiger partial charge >= 0.3 is 0 Å². The van der Waals surface area contributed by atoms with Gasteiger partial charge in [0, 0.05) is 37.3 Å². The summed E-state index contributed by atoms with van der Waals surface area (Å²) in [6.07, 6.45) is 7.16. The molecule has 0 atom stereocenters. The van der Waals surface area contributed by atoms with Crippen molar-refractivity contribution in [2.75, 3.05) is 45.4 Å². The maximum Gasteiger partial charge on any atom is 0.274 e. The summed E-state index contributed by atoms with van der Waals surface area (Å²) in [6.45, 7) is 8.75. The molecule has 4 rings (SSSR count). The second kappa shape index (κ2) is 13.0. The molecule has 2 heterocycles. The maximum absolute atomic E-state index is 13.0. The molecule has 1 aromatic heterocycles. The Morgan fingerprint density at radius 2 is 1.97 bits per heavy atom. The molecule has 0 bridgehead atoms. The third kappa shape index (κ3) is 6.88. The summed E-state index contributed by atoms with van der Waals surface area (Å²) >= 11 is 0. The highest BCUT2D eigenvalue weighted by Crippen LogP contribution is 2.34. The number of allylic oxidation sites excluding steroid dienone is 2. The fourth-order valence-electron chi connectivity index (χ4n) is 3.65. The maximum atomic E-state index is 13.0. The zero-order valence-corrected chi connectivity index (χ0v) is 21.5. The first kappa shape index (κ1) is 26.3. The average molecular weight is 480 g/mol. The highest BCUT2D eigenvalue weighted by atomic mass is 16.5. The standard InChI is InChI=1S/C24H29N5O3.C3H8/c1-4-6-19(25-2)16-7-5-8-17(15-16)20-22(31-3)21(23(30)26-18-9-10-18)28-24(27-20)29-11-13-32-14-12-29;1-3-2/h4-8,15,18H,9-14H2,1-3H3,(H,26,30);3H2,1-2H3/b6-4-,25-19?;. The number of morpholine rings is 1. The fourth-order valence-corrected chi connectivity index (χ4v) is 3.65. The van der Waals surface area contributed by atoms with Crippen LogP contribution in [0.4, 0.5) is 5.95 Å². The van der Waals surface area contributed by atoms with Gasteiger partial charge in [-0.05, 0) is 31.9 Å². The number of hydrogen-bond acceptors (Lipinski definition) is 7. The predicted octanol–water partition coefficient (Wildman–Crippen LogP) is 4.29. The number of carbonyl (C=O) groups is 1. The lowest BCUT2D eigenvalue weighted by Crippen LogP contribution is -2.38. The Bertz CT molecular complexity index is 1060. The van der Waals surface area contributed by atoms with E-state index >= 15 is 0 Å². The zero-order valence-electron chi connectivity index (χ0n) is 21.5. The van der Waals surface area contributed by atoms with Gasteiger partial charge in [0.25, 0.3) is 5.91 Å². The van der Waals surface area contributed by atoms with E-state index in [2.05, 4.69) is 29.1 Å². The smallest absolute Gasteiger partial charge is 0.274 e. The number of benzene rings is 1. The molecule has 0 spiro atoms. The van der Waals surface area contributed by atoms with Crippen molar-refractivity contribution < 1.29 is 14.3 Å². The first-order valence-corrected chi connectivity index (χ1v) is 12.4. The molecule has 1 aliphatic heterocycles. The van der Waals surface area contributed by atoms with Crippen LogP contribution in [-0.2, 0) is 4.74 Å². The van der Waals surface area contributed by atoms with Gasteiger partial charge in [-0.2, -0.15) is 0 Å². The molecule has 1 aromatic carbocycles. The highest BCUT2D eigenvalue weighted by Gasteiger charge is 2.29. The van der Waals surface area contributed by atoms with Crippen LogP contribution in [0, 0.1) is 0 Å². The van der Waals surface area contributed by atoms with E-state index in [1.807, 2.05) is 48.2 Å². The Morgan fingerprint density at radius 1 is 1.26 bits per heavy atom. The normalized spacial score (nSPS) is 16.0. The first-order valence-electron chi connectivity index (χ1n) is 12.4. The van der Waals surface area contributed by atoms with Crippen LogP contribution in [0.3, 0.4) is 0 Å². The predicted molar refractivity (Wildman–Crippen MR) is 141 cm³/mol. The summed E-state index contributed by atoms with van der Waals surface area (Å²) in [6, 6.07) is 8.15. The summed E-state index contributed by atoms with van der Waals surface area (Å²) in [4.78, 5) is 28.9. The fraction of sp³-hybridized carbons (Fsp3) is 0.481. The number of ether oxygens (including phenoxy) is 2. The van der Waals surface area contributed by atoms with Crippen molar-refractivity contribution in [3.05, 3.63) is 47.7 Å². The molecule has 35 heavy (non-hydrogen) atoms. The lowest BCUT2D eigenvalue weighted by Gasteiger charge is -2.28. The van der Waals surface area contributed by atoms with Crippen molar-refractivity contribution in [3.8, 4) is 17.0 Å². The summed E-state index contributed by atoms with van der Waals surface area (Å²) in [7, 11) is 3.32. The van der Waals surface area contributed by atoms with E-state index in [1.165, 1.54) is 6.42 Å². The molecule has 2 fully saturated rings. The van der Waals surface area contributed by atoms with E-state index in [9.17, 15) is 4.79 Å². The van der Waals surface area contributed by atoms with Gasteiger partial charge < -0.3 is 19.7 Å². The lowest BCUT2D eigenvalue weighted by atomic mass is 10.0. The second-order valence-corrected chi connectivity index (χ2v) is 8.50. The molecule has 8 heteroatoms. The van der Waals surface area contributed by atoms with Gasteiger partial charge in [0.15, 0.2) is 11.4 Å². The SMILES string of the molecule is C/C=C\C(=NC)c1cccc(-c2nc(N3CCOCC3)nc(C(=O)NC3CC3)c2OC)c1.CCC. The highest BCUT2D eigenvalue weighted by molar-refractivity contribution is 6.09. The number of aromatic nitrogens is 2. The first-order chi connectivity index (χ1) is 17.1. The van der Waals surface area contributed by atoms with Gasteiger partial charge in [-0.15, -0.1) is 0 Å². The Labute approximate surface area is 208 Å². The van der Waals surface area contributed by atoms with Crippen LogP contribution in [-0.4, -0.2) is 68.1 Å². The zero-order chi connectivity index (χ0) is 25.2. The summed E-state index contributed by atoms with van der Waals surface area (Å²) in [5.74, 6) is 0.648. The van der Waals surface area contributed by atoms with Gasteiger partial charge in [0.1, 0.15) is 5.69 Å². The van der Waals surface area contributed by atoms with Gasteiger partial charge in [0.2, 0.25) is 5.95 Å². The number of hydrogen-bond donors (Lipinski definition) is 1. The summed E-state index contributed by atoms with van der Waals surface area (Å²) < 4.78 is 11.2. The van der Waals surface area contributed by atoms with E-state index in [0.29, 0.717) is 43.7 Å². The van der Waals surface area contributed by atoms with Crippen LogP contribution >= 0.6 is 0 Å². The minimum atomic E-state index is -0.233.